The average molecular weight is 353 g/mol. The zero-order valence-corrected chi connectivity index (χ0v) is 15.5. The largest absolute Gasteiger partial charge is 0.326 e. The minimum atomic E-state index is 0.540. The van der Waals surface area contributed by atoms with Gasteiger partial charge in [-0.3, -0.25) is 9.67 Å². The summed E-state index contributed by atoms with van der Waals surface area (Å²) in [6, 6.07) is 6.38. The second-order valence-corrected chi connectivity index (χ2v) is 7.28. The Morgan fingerprint density at radius 3 is 2.80 bits per heavy atom. The first kappa shape index (κ1) is 16.6. The van der Waals surface area contributed by atoms with Crippen molar-refractivity contribution in [3.05, 3.63) is 36.2 Å². The van der Waals surface area contributed by atoms with Gasteiger partial charge in [0.15, 0.2) is 0 Å². The van der Waals surface area contributed by atoms with Gasteiger partial charge in [-0.05, 0) is 30.8 Å². The maximum absolute atomic E-state index is 5.99. The first-order valence-electron chi connectivity index (χ1n) is 8.83. The van der Waals surface area contributed by atoms with Gasteiger partial charge in [-0.2, -0.15) is 5.10 Å². The van der Waals surface area contributed by atoms with Gasteiger partial charge in [0.2, 0.25) is 0 Å². The molecule has 0 amide bonds. The second-order valence-electron chi connectivity index (χ2n) is 6.22. The Kier molecular flexibility index (Phi) is 4.50. The highest BCUT2D eigenvalue weighted by molar-refractivity contribution is 7.99. The van der Waals surface area contributed by atoms with Crippen LogP contribution in [0, 0.1) is 0 Å². The van der Waals surface area contributed by atoms with Crippen LogP contribution in [0.5, 0.6) is 0 Å². The van der Waals surface area contributed by atoms with Crippen LogP contribution in [0.2, 0.25) is 0 Å². The molecule has 1 aromatic carbocycles. The molecular weight excluding hydrogens is 330 g/mol. The van der Waals surface area contributed by atoms with Crippen molar-refractivity contribution in [2.24, 2.45) is 5.73 Å². The highest BCUT2D eigenvalue weighted by Crippen LogP contribution is 2.48. The predicted octanol–water partition coefficient (Wildman–Crippen LogP) is 3.36. The molecule has 6 heteroatoms. The molecule has 0 unspecified atom stereocenters. The molecule has 0 radical (unpaired) electrons. The summed E-state index contributed by atoms with van der Waals surface area (Å²) in [4.78, 5) is 9.11. The number of pyridine rings is 1. The maximum Gasteiger partial charge on any atom is 0.103 e. The van der Waals surface area contributed by atoms with Crippen LogP contribution >= 0.6 is 11.8 Å². The summed E-state index contributed by atoms with van der Waals surface area (Å²) in [7, 11) is 0. The SMILES string of the molecule is CCN(CC)CCn1nc2c3c(c(CN)ccc31)Sc1cnccc1-2. The molecule has 3 heterocycles. The fraction of sp³-hybridized carbons (Fsp3) is 0.368. The third kappa shape index (κ3) is 2.74. The van der Waals surface area contributed by atoms with Crippen molar-refractivity contribution in [1.29, 1.82) is 0 Å². The number of aromatic nitrogens is 3. The topological polar surface area (TPSA) is 60.0 Å². The van der Waals surface area contributed by atoms with Crippen molar-refractivity contribution in [2.45, 2.75) is 36.7 Å². The lowest BCUT2D eigenvalue weighted by molar-refractivity contribution is 0.287. The van der Waals surface area contributed by atoms with E-state index in [1.165, 1.54) is 26.9 Å². The molecule has 0 bridgehead atoms. The summed E-state index contributed by atoms with van der Waals surface area (Å²) < 4.78 is 2.16. The molecule has 0 saturated carbocycles. The normalized spacial score (nSPS) is 12.8. The number of hydrogen-bond donors (Lipinski definition) is 1. The van der Waals surface area contributed by atoms with E-state index in [0.717, 1.165) is 36.8 Å². The molecule has 3 aromatic rings. The molecule has 0 aliphatic carbocycles. The fourth-order valence-corrected chi connectivity index (χ4v) is 4.66. The Balaban J connectivity index is 1.85. The van der Waals surface area contributed by atoms with Gasteiger partial charge in [0.1, 0.15) is 5.69 Å². The summed E-state index contributed by atoms with van der Waals surface area (Å²) in [5, 5.41) is 6.23. The molecule has 2 aromatic heterocycles. The van der Waals surface area contributed by atoms with Crippen LogP contribution in [0.3, 0.4) is 0 Å². The van der Waals surface area contributed by atoms with Crippen LogP contribution in [-0.2, 0) is 13.1 Å². The van der Waals surface area contributed by atoms with E-state index in [1.807, 2.05) is 12.4 Å². The molecule has 0 spiro atoms. The first-order chi connectivity index (χ1) is 12.3. The van der Waals surface area contributed by atoms with Gasteiger partial charge in [-0.1, -0.05) is 31.7 Å². The lowest BCUT2D eigenvalue weighted by atomic mass is 10.1. The van der Waals surface area contributed by atoms with Gasteiger partial charge >= 0.3 is 0 Å². The molecule has 0 saturated heterocycles. The van der Waals surface area contributed by atoms with Crippen molar-refractivity contribution in [3.8, 4) is 11.3 Å². The first-order valence-corrected chi connectivity index (χ1v) is 9.65. The summed E-state index contributed by atoms with van der Waals surface area (Å²) in [6.45, 7) is 8.98. The molecule has 25 heavy (non-hydrogen) atoms. The van der Waals surface area contributed by atoms with E-state index < -0.39 is 0 Å². The van der Waals surface area contributed by atoms with Crippen molar-refractivity contribution >= 4 is 22.7 Å². The van der Waals surface area contributed by atoms with Gasteiger partial charge in [0.05, 0.1) is 12.1 Å². The Bertz CT molecular complexity index is 914. The number of likely N-dealkylation sites (N-methyl/N-ethyl adjacent to an activating group) is 1. The summed E-state index contributed by atoms with van der Waals surface area (Å²) in [6.07, 6.45) is 3.77. The Morgan fingerprint density at radius 2 is 2.04 bits per heavy atom. The van der Waals surface area contributed by atoms with E-state index in [1.54, 1.807) is 11.8 Å². The Labute approximate surface area is 152 Å². The zero-order chi connectivity index (χ0) is 17.4. The highest BCUT2D eigenvalue weighted by atomic mass is 32.2. The van der Waals surface area contributed by atoms with Crippen LogP contribution in [-0.4, -0.2) is 39.3 Å². The lowest BCUT2D eigenvalue weighted by Crippen LogP contribution is -2.27. The third-order valence-electron chi connectivity index (χ3n) is 4.95. The summed E-state index contributed by atoms with van der Waals surface area (Å²) >= 11 is 1.77. The average Bonchev–Trinajstić information content (AvgIpc) is 3.03. The summed E-state index contributed by atoms with van der Waals surface area (Å²) in [5.74, 6) is 0. The third-order valence-corrected chi connectivity index (χ3v) is 6.16. The van der Waals surface area contributed by atoms with Crippen LogP contribution in [0.15, 0.2) is 40.4 Å². The van der Waals surface area contributed by atoms with Gasteiger partial charge in [-0.15, -0.1) is 0 Å². The predicted molar refractivity (Wildman–Crippen MR) is 103 cm³/mol. The van der Waals surface area contributed by atoms with Crippen LogP contribution < -0.4 is 5.73 Å². The maximum atomic E-state index is 5.99. The van der Waals surface area contributed by atoms with E-state index in [4.69, 9.17) is 10.8 Å². The minimum Gasteiger partial charge on any atom is -0.326 e. The standard InChI is InChI=1S/C19H23N5S/c1-3-23(4-2)9-10-24-15-6-5-13(11-20)19-17(15)18(22-24)14-7-8-21-12-16(14)25-19/h5-8,12H,3-4,9-11,20H2,1-2H3. The van der Waals surface area contributed by atoms with Crippen molar-refractivity contribution in [2.75, 3.05) is 19.6 Å². The molecular formula is C19H23N5S. The van der Waals surface area contributed by atoms with Crippen LogP contribution in [0.25, 0.3) is 22.2 Å². The molecule has 0 atom stereocenters. The number of fused-ring (bicyclic) bond motifs is 2. The molecule has 4 rings (SSSR count). The minimum absolute atomic E-state index is 0.540. The number of benzene rings is 1. The molecule has 130 valence electrons. The van der Waals surface area contributed by atoms with Crippen molar-refractivity contribution in [3.63, 3.8) is 0 Å². The van der Waals surface area contributed by atoms with E-state index in [0.29, 0.717) is 6.54 Å². The monoisotopic (exact) mass is 353 g/mol. The molecule has 5 nitrogen and oxygen atoms in total. The molecule has 1 aliphatic heterocycles. The van der Waals surface area contributed by atoms with Crippen molar-refractivity contribution in [1.82, 2.24) is 19.7 Å². The zero-order valence-electron chi connectivity index (χ0n) is 14.7. The van der Waals surface area contributed by atoms with Gasteiger partial charge in [0.25, 0.3) is 0 Å². The second kappa shape index (κ2) is 6.78. The summed E-state index contributed by atoms with van der Waals surface area (Å²) in [5.41, 5.74) is 10.6. The number of hydrogen-bond acceptors (Lipinski definition) is 5. The van der Waals surface area contributed by atoms with Crippen molar-refractivity contribution < 1.29 is 0 Å². The van der Waals surface area contributed by atoms with E-state index in [2.05, 4.69) is 46.6 Å². The van der Waals surface area contributed by atoms with Gasteiger partial charge in [0, 0.05) is 46.2 Å². The van der Waals surface area contributed by atoms with Crippen LogP contribution in [0.1, 0.15) is 19.4 Å². The fourth-order valence-electron chi connectivity index (χ4n) is 3.46. The quantitative estimate of drug-likeness (QED) is 0.576. The van der Waals surface area contributed by atoms with Gasteiger partial charge in [-0.25, -0.2) is 0 Å². The molecule has 1 aliphatic rings. The molecule has 2 N–H and O–H groups in total. The smallest absolute Gasteiger partial charge is 0.103 e. The van der Waals surface area contributed by atoms with Crippen LogP contribution in [0.4, 0.5) is 0 Å². The number of rotatable bonds is 6. The number of nitrogens with zero attached hydrogens (tertiary/aromatic N) is 4. The van der Waals surface area contributed by atoms with E-state index in [-0.39, 0.29) is 0 Å². The Hall–Kier alpha value is -1.89. The number of nitrogens with two attached hydrogens (primary N) is 1. The lowest BCUT2D eigenvalue weighted by Gasteiger charge is -2.18. The highest BCUT2D eigenvalue weighted by Gasteiger charge is 2.25. The Morgan fingerprint density at radius 1 is 1.20 bits per heavy atom. The van der Waals surface area contributed by atoms with Gasteiger partial charge < -0.3 is 10.6 Å². The van der Waals surface area contributed by atoms with E-state index >= 15 is 0 Å². The van der Waals surface area contributed by atoms with E-state index in [9.17, 15) is 0 Å². The molecule has 0 fully saturated rings.